The first-order chi connectivity index (χ1) is 8.69. The number of aliphatic hydroxyl groups is 2. The van der Waals surface area contributed by atoms with E-state index in [1.807, 2.05) is 12.1 Å². The molecule has 2 atom stereocenters. The van der Waals surface area contributed by atoms with Gasteiger partial charge in [0, 0.05) is 36.9 Å². The molecule has 1 aromatic carbocycles. The number of nitrogens with one attached hydrogen (secondary N) is 1. The zero-order chi connectivity index (χ0) is 13.4. The van der Waals surface area contributed by atoms with Crippen LogP contribution in [0.1, 0.15) is 18.1 Å². The third kappa shape index (κ3) is 4.92. The Morgan fingerprint density at radius 3 is 2.72 bits per heavy atom. The first kappa shape index (κ1) is 15.4. The molecule has 0 aliphatic carbocycles. The number of rotatable bonds is 8. The second kappa shape index (κ2) is 8.45. The Hall–Kier alpha value is -0.650. The van der Waals surface area contributed by atoms with Crippen molar-refractivity contribution in [1.29, 1.82) is 0 Å². The predicted molar refractivity (Wildman–Crippen MR) is 71.8 cm³/mol. The summed E-state index contributed by atoms with van der Waals surface area (Å²) in [6, 6.07) is 7.24. The van der Waals surface area contributed by atoms with Gasteiger partial charge in [0.05, 0.1) is 12.7 Å². The molecule has 18 heavy (non-hydrogen) atoms. The number of halogens is 1. The summed E-state index contributed by atoms with van der Waals surface area (Å²) in [5.41, 5.74) is 0.701. The van der Waals surface area contributed by atoms with Gasteiger partial charge in [-0.2, -0.15) is 0 Å². The summed E-state index contributed by atoms with van der Waals surface area (Å²) in [7, 11) is 1.61. The zero-order valence-corrected chi connectivity index (χ0v) is 11.2. The van der Waals surface area contributed by atoms with Crippen LogP contribution in [0.2, 0.25) is 5.02 Å². The van der Waals surface area contributed by atoms with Crippen molar-refractivity contribution in [2.24, 2.45) is 0 Å². The second-order valence-corrected chi connectivity index (χ2v) is 4.52. The summed E-state index contributed by atoms with van der Waals surface area (Å²) in [5, 5.41) is 22.7. The minimum atomic E-state index is -0.670. The van der Waals surface area contributed by atoms with Crippen molar-refractivity contribution in [2.45, 2.75) is 18.6 Å². The quantitative estimate of drug-likeness (QED) is 0.669. The molecule has 0 radical (unpaired) electrons. The molecule has 0 fully saturated rings. The van der Waals surface area contributed by atoms with Crippen LogP contribution in [-0.4, -0.2) is 43.1 Å². The Labute approximate surface area is 113 Å². The van der Waals surface area contributed by atoms with Crippen LogP contribution in [0.5, 0.6) is 0 Å². The Balaban J connectivity index is 2.49. The van der Waals surface area contributed by atoms with E-state index < -0.39 is 6.10 Å². The van der Waals surface area contributed by atoms with Crippen molar-refractivity contribution in [3.8, 4) is 0 Å². The number of aliphatic hydroxyl groups excluding tert-OH is 2. The maximum Gasteiger partial charge on any atom is 0.0928 e. The highest BCUT2D eigenvalue weighted by atomic mass is 35.5. The molecule has 0 aliphatic heterocycles. The summed E-state index contributed by atoms with van der Waals surface area (Å²) in [6.07, 6.45) is -0.0833. The first-order valence-electron chi connectivity index (χ1n) is 5.94. The van der Waals surface area contributed by atoms with Gasteiger partial charge in [-0.15, -0.1) is 0 Å². The summed E-state index contributed by atoms with van der Waals surface area (Å²) < 4.78 is 5.04. The SMILES string of the molecule is COCC(CCO)NCC(O)c1ccccc1Cl. The maximum atomic E-state index is 10.0. The maximum absolute atomic E-state index is 10.0. The van der Waals surface area contributed by atoms with Crippen molar-refractivity contribution >= 4 is 11.6 Å². The standard InChI is InChI=1S/C13H20ClNO3/c1-18-9-10(6-7-16)15-8-13(17)11-4-2-3-5-12(11)14/h2-5,10,13,15-17H,6-9H2,1H3. The van der Waals surface area contributed by atoms with E-state index in [1.54, 1.807) is 19.2 Å². The summed E-state index contributed by atoms with van der Waals surface area (Å²) >= 11 is 6.00. The molecule has 4 nitrogen and oxygen atoms in total. The van der Waals surface area contributed by atoms with Crippen LogP contribution in [-0.2, 0) is 4.74 Å². The normalized spacial score (nSPS) is 14.4. The topological polar surface area (TPSA) is 61.7 Å². The molecule has 102 valence electrons. The lowest BCUT2D eigenvalue weighted by molar-refractivity contribution is 0.127. The zero-order valence-electron chi connectivity index (χ0n) is 10.5. The van der Waals surface area contributed by atoms with E-state index >= 15 is 0 Å². The van der Waals surface area contributed by atoms with Gasteiger partial charge in [-0.1, -0.05) is 29.8 Å². The Morgan fingerprint density at radius 2 is 2.11 bits per heavy atom. The Bertz CT molecular complexity index is 343. The minimum Gasteiger partial charge on any atom is -0.396 e. The average Bonchev–Trinajstić information content (AvgIpc) is 2.36. The van der Waals surface area contributed by atoms with Crippen LogP contribution in [0.25, 0.3) is 0 Å². The van der Waals surface area contributed by atoms with Gasteiger partial charge in [-0.25, -0.2) is 0 Å². The molecule has 5 heteroatoms. The van der Waals surface area contributed by atoms with Crippen molar-refractivity contribution in [3.05, 3.63) is 34.9 Å². The summed E-state index contributed by atoms with van der Waals surface area (Å²) in [4.78, 5) is 0. The van der Waals surface area contributed by atoms with Crippen molar-refractivity contribution < 1.29 is 14.9 Å². The van der Waals surface area contributed by atoms with E-state index in [2.05, 4.69) is 5.32 Å². The van der Waals surface area contributed by atoms with Crippen LogP contribution in [0.3, 0.4) is 0 Å². The third-order valence-corrected chi connectivity index (χ3v) is 3.05. The molecule has 0 bridgehead atoms. The number of hydrogen-bond donors (Lipinski definition) is 3. The number of methoxy groups -OCH3 is 1. The number of hydrogen-bond acceptors (Lipinski definition) is 4. The largest absolute Gasteiger partial charge is 0.396 e. The lowest BCUT2D eigenvalue weighted by Gasteiger charge is -2.20. The van der Waals surface area contributed by atoms with Gasteiger partial charge in [-0.05, 0) is 12.5 Å². The minimum absolute atomic E-state index is 0.0251. The molecule has 2 unspecified atom stereocenters. The van der Waals surface area contributed by atoms with Crippen molar-refractivity contribution in [1.82, 2.24) is 5.32 Å². The van der Waals surface area contributed by atoms with Gasteiger partial charge in [0.25, 0.3) is 0 Å². The number of ether oxygens (including phenoxy) is 1. The molecule has 3 N–H and O–H groups in total. The highest BCUT2D eigenvalue weighted by Gasteiger charge is 2.13. The van der Waals surface area contributed by atoms with Gasteiger partial charge < -0.3 is 20.3 Å². The second-order valence-electron chi connectivity index (χ2n) is 4.11. The van der Waals surface area contributed by atoms with E-state index in [0.29, 0.717) is 30.2 Å². The van der Waals surface area contributed by atoms with E-state index in [-0.39, 0.29) is 12.6 Å². The smallest absolute Gasteiger partial charge is 0.0928 e. The van der Waals surface area contributed by atoms with Crippen molar-refractivity contribution in [3.63, 3.8) is 0 Å². The summed E-state index contributed by atoms with van der Waals surface area (Å²) in [5.74, 6) is 0. The highest BCUT2D eigenvalue weighted by Crippen LogP contribution is 2.21. The van der Waals surface area contributed by atoms with E-state index in [4.69, 9.17) is 21.4 Å². The van der Waals surface area contributed by atoms with E-state index in [0.717, 1.165) is 0 Å². The Morgan fingerprint density at radius 1 is 1.39 bits per heavy atom. The molecule has 0 amide bonds. The van der Waals surface area contributed by atoms with Crippen LogP contribution >= 0.6 is 11.6 Å². The molecular formula is C13H20ClNO3. The van der Waals surface area contributed by atoms with Gasteiger partial charge >= 0.3 is 0 Å². The van der Waals surface area contributed by atoms with Gasteiger partial charge in [0.2, 0.25) is 0 Å². The van der Waals surface area contributed by atoms with E-state index in [9.17, 15) is 5.11 Å². The Kier molecular flexibility index (Phi) is 7.23. The highest BCUT2D eigenvalue weighted by molar-refractivity contribution is 6.31. The monoisotopic (exact) mass is 273 g/mol. The van der Waals surface area contributed by atoms with Crippen LogP contribution in [0.4, 0.5) is 0 Å². The first-order valence-corrected chi connectivity index (χ1v) is 6.32. The lowest BCUT2D eigenvalue weighted by atomic mass is 10.1. The molecule has 1 aromatic rings. The van der Waals surface area contributed by atoms with Gasteiger partial charge in [0.15, 0.2) is 0 Å². The average molecular weight is 274 g/mol. The molecule has 0 heterocycles. The van der Waals surface area contributed by atoms with Crippen molar-refractivity contribution in [2.75, 3.05) is 26.9 Å². The van der Waals surface area contributed by atoms with Crippen LogP contribution in [0, 0.1) is 0 Å². The summed E-state index contributed by atoms with van der Waals surface area (Å²) in [6.45, 7) is 0.955. The van der Waals surface area contributed by atoms with Crippen LogP contribution in [0.15, 0.2) is 24.3 Å². The fourth-order valence-corrected chi connectivity index (χ4v) is 2.00. The molecule has 0 saturated heterocycles. The van der Waals surface area contributed by atoms with Gasteiger partial charge in [-0.3, -0.25) is 0 Å². The van der Waals surface area contributed by atoms with Gasteiger partial charge in [0.1, 0.15) is 0 Å². The third-order valence-electron chi connectivity index (χ3n) is 2.71. The molecule has 0 spiro atoms. The predicted octanol–water partition coefficient (Wildman–Crippen LogP) is 1.36. The van der Waals surface area contributed by atoms with Crippen LogP contribution < -0.4 is 5.32 Å². The molecule has 1 rings (SSSR count). The molecular weight excluding hydrogens is 254 g/mol. The number of benzene rings is 1. The molecule has 0 aromatic heterocycles. The fraction of sp³-hybridized carbons (Fsp3) is 0.538. The fourth-order valence-electron chi connectivity index (χ4n) is 1.73. The molecule has 0 aliphatic rings. The molecule has 0 saturated carbocycles. The van der Waals surface area contributed by atoms with E-state index in [1.165, 1.54) is 0 Å². The lowest BCUT2D eigenvalue weighted by Crippen LogP contribution is -2.36.